The van der Waals surface area contributed by atoms with Gasteiger partial charge in [-0.25, -0.2) is 9.97 Å². The highest BCUT2D eigenvalue weighted by Crippen LogP contribution is 2.26. The lowest BCUT2D eigenvalue weighted by atomic mass is 10.1. The van der Waals surface area contributed by atoms with Crippen molar-refractivity contribution < 1.29 is 4.74 Å². The van der Waals surface area contributed by atoms with Crippen molar-refractivity contribution in [2.45, 2.75) is 46.1 Å². The number of hydrogen-bond donors (Lipinski definition) is 0. The Morgan fingerprint density at radius 3 is 2.68 bits per heavy atom. The fourth-order valence-electron chi connectivity index (χ4n) is 2.04. The summed E-state index contributed by atoms with van der Waals surface area (Å²) in [5.41, 5.74) is 1.04. The summed E-state index contributed by atoms with van der Waals surface area (Å²) in [6, 6.07) is 0.400. The second-order valence-electron chi connectivity index (χ2n) is 4.66. The van der Waals surface area contributed by atoms with E-state index in [1.54, 1.807) is 13.4 Å². The highest BCUT2D eigenvalue weighted by molar-refractivity contribution is 6.30. The molecule has 1 heterocycles. The zero-order chi connectivity index (χ0) is 14.3. The van der Waals surface area contributed by atoms with Crippen LogP contribution in [0.2, 0.25) is 5.15 Å². The second-order valence-corrected chi connectivity index (χ2v) is 5.02. The molecule has 0 aromatic carbocycles. The molecule has 1 aromatic heterocycles. The van der Waals surface area contributed by atoms with Gasteiger partial charge in [0.1, 0.15) is 17.3 Å². The van der Waals surface area contributed by atoms with Crippen LogP contribution in [0.1, 0.15) is 39.2 Å². The molecule has 0 aliphatic rings. The molecular formula is C14H24ClN3O. The van der Waals surface area contributed by atoms with Gasteiger partial charge in [-0.2, -0.15) is 0 Å². The highest BCUT2D eigenvalue weighted by Gasteiger charge is 2.19. The molecule has 1 atom stereocenters. The molecule has 0 aliphatic heterocycles. The first-order chi connectivity index (χ1) is 9.15. The van der Waals surface area contributed by atoms with Gasteiger partial charge in [-0.15, -0.1) is 0 Å². The van der Waals surface area contributed by atoms with E-state index in [0.717, 1.165) is 37.2 Å². The van der Waals surface area contributed by atoms with Gasteiger partial charge in [-0.05, 0) is 19.8 Å². The van der Waals surface area contributed by atoms with Crippen LogP contribution in [0, 0.1) is 0 Å². The number of methoxy groups -OCH3 is 1. The minimum Gasteiger partial charge on any atom is -0.383 e. The van der Waals surface area contributed by atoms with E-state index in [4.69, 9.17) is 16.3 Å². The van der Waals surface area contributed by atoms with Crippen molar-refractivity contribution >= 4 is 17.4 Å². The van der Waals surface area contributed by atoms with Crippen molar-refractivity contribution in [3.63, 3.8) is 0 Å². The van der Waals surface area contributed by atoms with E-state index in [1.165, 1.54) is 0 Å². The summed E-state index contributed by atoms with van der Waals surface area (Å²) in [6.45, 7) is 8.00. The maximum absolute atomic E-state index is 6.23. The Kier molecular flexibility index (Phi) is 7.10. The number of rotatable bonds is 8. The molecule has 0 bridgehead atoms. The summed E-state index contributed by atoms with van der Waals surface area (Å²) in [6.07, 6.45) is 4.52. The topological polar surface area (TPSA) is 38.2 Å². The molecule has 0 radical (unpaired) electrons. The summed E-state index contributed by atoms with van der Waals surface area (Å²) < 4.78 is 5.20. The lowest BCUT2D eigenvalue weighted by Gasteiger charge is -2.31. The van der Waals surface area contributed by atoms with Crippen molar-refractivity contribution in [3.05, 3.63) is 17.0 Å². The number of anilines is 1. The van der Waals surface area contributed by atoms with Gasteiger partial charge in [0.2, 0.25) is 0 Å². The molecule has 0 N–H and O–H groups in total. The summed E-state index contributed by atoms with van der Waals surface area (Å²) >= 11 is 6.23. The zero-order valence-corrected chi connectivity index (χ0v) is 13.1. The fourth-order valence-corrected chi connectivity index (χ4v) is 2.26. The van der Waals surface area contributed by atoms with Gasteiger partial charge in [-0.3, -0.25) is 0 Å². The third-order valence-electron chi connectivity index (χ3n) is 3.30. The molecule has 4 nitrogen and oxygen atoms in total. The molecule has 0 saturated carbocycles. The van der Waals surface area contributed by atoms with Gasteiger partial charge in [0.05, 0.1) is 6.61 Å². The minimum atomic E-state index is 0.400. The number of ether oxygens (including phenoxy) is 1. The monoisotopic (exact) mass is 285 g/mol. The summed E-state index contributed by atoms with van der Waals surface area (Å²) in [4.78, 5) is 10.8. The Bertz CT molecular complexity index is 387. The van der Waals surface area contributed by atoms with E-state index in [-0.39, 0.29) is 0 Å². The number of nitrogens with zero attached hydrogens (tertiary/aromatic N) is 3. The van der Waals surface area contributed by atoms with Crippen LogP contribution in [-0.2, 0) is 11.2 Å². The van der Waals surface area contributed by atoms with Crippen LogP contribution in [-0.4, -0.2) is 36.3 Å². The van der Waals surface area contributed by atoms with Gasteiger partial charge in [0, 0.05) is 25.3 Å². The smallest absolute Gasteiger partial charge is 0.137 e. The van der Waals surface area contributed by atoms with Crippen LogP contribution >= 0.6 is 11.6 Å². The van der Waals surface area contributed by atoms with Crippen LogP contribution in [0.25, 0.3) is 0 Å². The van der Waals surface area contributed by atoms with Crippen molar-refractivity contribution in [1.29, 1.82) is 0 Å². The largest absolute Gasteiger partial charge is 0.383 e. The second kappa shape index (κ2) is 8.33. The molecule has 0 saturated heterocycles. The summed E-state index contributed by atoms with van der Waals surface area (Å²) in [5.74, 6) is 0.952. The lowest BCUT2D eigenvalue weighted by molar-refractivity contribution is 0.203. The van der Waals surface area contributed by atoms with Crippen molar-refractivity contribution in [3.8, 4) is 0 Å². The van der Waals surface area contributed by atoms with Crippen molar-refractivity contribution in [2.75, 3.05) is 25.2 Å². The van der Waals surface area contributed by atoms with Crippen molar-refractivity contribution in [2.24, 2.45) is 0 Å². The van der Waals surface area contributed by atoms with E-state index in [1.807, 2.05) is 0 Å². The fraction of sp³-hybridized carbons (Fsp3) is 0.714. The SMILES string of the molecule is CCCc1c(Cl)ncnc1N(CCOC)C(C)CC. The first-order valence-electron chi connectivity index (χ1n) is 6.90. The predicted molar refractivity (Wildman–Crippen MR) is 80.0 cm³/mol. The van der Waals surface area contributed by atoms with Gasteiger partial charge in [-0.1, -0.05) is 31.9 Å². The van der Waals surface area contributed by atoms with E-state index in [0.29, 0.717) is 17.8 Å². The maximum atomic E-state index is 6.23. The lowest BCUT2D eigenvalue weighted by Crippen LogP contribution is -2.37. The third-order valence-corrected chi connectivity index (χ3v) is 3.63. The molecule has 0 aliphatic carbocycles. The average Bonchev–Trinajstić information content (AvgIpc) is 2.42. The molecule has 0 spiro atoms. The highest BCUT2D eigenvalue weighted by atomic mass is 35.5. The molecule has 0 amide bonds. The Labute approximate surface area is 121 Å². The standard InChI is InChI=1S/C14H24ClN3O/c1-5-7-12-13(15)16-10-17-14(12)18(8-9-19-4)11(3)6-2/h10-11H,5-9H2,1-4H3. The minimum absolute atomic E-state index is 0.400. The Morgan fingerprint density at radius 1 is 1.37 bits per heavy atom. The summed E-state index contributed by atoms with van der Waals surface area (Å²) in [7, 11) is 1.72. The van der Waals surface area contributed by atoms with Crippen LogP contribution in [0.5, 0.6) is 0 Å². The molecule has 1 rings (SSSR count). The Morgan fingerprint density at radius 2 is 2.11 bits per heavy atom. The van der Waals surface area contributed by atoms with Gasteiger partial charge in [0.25, 0.3) is 0 Å². The van der Waals surface area contributed by atoms with Gasteiger partial charge >= 0.3 is 0 Å². The molecule has 5 heteroatoms. The van der Waals surface area contributed by atoms with Crippen LogP contribution in [0.4, 0.5) is 5.82 Å². The first-order valence-corrected chi connectivity index (χ1v) is 7.28. The molecule has 1 unspecified atom stereocenters. The van der Waals surface area contributed by atoms with Crippen LogP contribution in [0.15, 0.2) is 6.33 Å². The molecule has 19 heavy (non-hydrogen) atoms. The van der Waals surface area contributed by atoms with Gasteiger partial charge in [0.15, 0.2) is 0 Å². The van der Waals surface area contributed by atoms with Gasteiger partial charge < -0.3 is 9.64 Å². The predicted octanol–water partition coefficient (Wildman–Crippen LogP) is 3.33. The van der Waals surface area contributed by atoms with Crippen LogP contribution < -0.4 is 4.90 Å². The Balaban J connectivity index is 3.09. The average molecular weight is 286 g/mol. The Hall–Kier alpha value is -0.870. The summed E-state index contributed by atoms with van der Waals surface area (Å²) in [5, 5.41) is 0.567. The molecule has 0 fully saturated rings. The first kappa shape index (κ1) is 16.2. The van der Waals surface area contributed by atoms with E-state index >= 15 is 0 Å². The van der Waals surface area contributed by atoms with E-state index < -0.39 is 0 Å². The number of aromatic nitrogens is 2. The molecular weight excluding hydrogens is 262 g/mol. The normalized spacial score (nSPS) is 12.5. The van der Waals surface area contributed by atoms with E-state index in [2.05, 4.69) is 35.6 Å². The van der Waals surface area contributed by atoms with E-state index in [9.17, 15) is 0 Å². The zero-order valence-electron chi connectivity index (χ0n) is 12.3. The third kappa shape index (κ3) is 4.32. The quantitative estimate of drug-likeness (QED) is 0.687. The molecule has 1 aromatic rings. The number of hydrogen-bond acceptors (Lipinski definition) is 4. The number of halogens is 1. The maximum Gasteiger partial charge on any atom is 0.137 e. The molecule has 108 valence electrons. The van der Waals surface area contributed by atoms with Crippen LogP contribution in [0.3, 0.4) is 0 Å². The van der Waals surface area contributed by atoms with Crippen molar-refractivity contribution in [1.82, 2.24) is 9.97 Å².